The summed E-state index contributed by atoms with van der Waals surface area (Å²) in [5.41, 5.74) is 1.98. The minimum absolute atomic E-state index is 0.0393. The van der Waals surface area contributed by atoms with Gasteiger partial charge in [-0.15, -0.1) is 0 Å². The minimum atomic E-state index is -0.0393. The molecule has 1 saturated heterocycles. The number of nitrogens with zero attached hydrogens (tertiary/aromatic N) is 5. The Morgan fingerprint density at radius 3 is 2.48 bits per heavy atom. The fourth-order valence-corrected chi connectivity index (χ4v) is 3.91. The highest BCUT2D eigenvalue weighted by Gasteiger charge is 2.18. The van der Waals surface area contributed by atoms with E-state index in [9.17, 15) is 4.79 Å². The third kappa shape index (κ3) is 4.99. The number of benzene rings is 1. The summed E-state index contributed by atoms with van der Waals surface area (Å²) in [6.07, 6.45) is 6.42. The lowest BCUT2D eigenvalue weighted by atomic mass is 10.1. The number of anilines is 1. The summed E-state index contributed by atoms with van der Waals surface area (Å²) in [7, 11) is 2.15. The molecule has 0 unspecified atom stereocenters. The van der Waals surface area contributed by atoms with E-state index in [4.69, 9.17) is 4.74 Å². The van der Waals surface area contributed by atoms with Gasteiger partial charge in [-0.25, -0.2) is 9.78 Å². The molecule has 2 aromatic heterocycles. The summed E-state index contributed by atoms with van der Waals surface area (Å²) < 4.78 is 9.12. The zero-order valence-corrected chi connectivity index (χ0v) is 18.6. The number of aryl methyl sites for hydroxylation is 2. The van der Waals surface area contributed by atoms with E-state index in [2.05, 4.69) is 27.9 Å². The van der Waals surface area contributed by atoms with Crippen LogP contribution in [0.15, 0.2) is 59.8 Å². The van der Waals surface area contributed by atoms with Crippen LogP contribution in [0.2, 0.25) is 0 Å². The Morgan fingerprint density at radius 2 is 1.77 bits per heavy atom. The molecule has 1 fully saturated rings. The van der Waals surface area contributed by atoms with Crippen LogP contribution in [0.5, 0.6) is 5.75 Å². The first-order valence-electron chi connectivity index (χ1n) is 10.9. The van der Waals surface area contributed by atoms with Crippen molar-refractivity contribution in [1.82, 2.24) is 19.0 Å². The molecule has 1 aromatic carbocycles. The summed E-state index contributed by atoms with van der Waals surface area (Å²) >= 11 is 0. The second kappa shape index (κ2) is 9.39. The van der Waals surface area contributed by atoms with Crippen LogP contribution in [-0.2, 0) is 13.0 Å². The normalized spacial score (nSPS) is 14.9. The zero-order chi connectivity index (χ0) is 21.8. The van der Waals surface area contributed by atoms with Gasteiger partial charge in [0.1, 0.15) is 11.6 Å². The number of piperazine rings is 1. The third-order valence-corrected chi connectivity index (χ3v) is 5.63. The summed E-state index contributed by atoms with van der Waals surface area (Å²) in [6.45, 7) is 8.65. The van der Waals surface area contributed by atoms with Gasteiger partial charge in [0.2, 0.25) is 0 Å². The number of aromatic nitrogens is 3. The van der Waals surface area contributed by atoms with Gasteiger partial charge in [-0.05, 0) is 63.2 Å². The largest absolute Gasteiger partial charge is 0.491 e. The standard InChI is InChI=1S/C24H31N5O2/c1-19(2)31-22-8-6-21(7-9-22)29-18-17-28(24(29)30)12-10-20-5-4-11-25-23(20)27-15-13-26(3)14-16-27/h4-9,11,17-19H,10,12-16H2,1-3H3. The van der Waals surface area contributed by atoms with E-state index < -0.39 is 0 Å². The average molecular weight is 422 g/mol. The molecule has 0 saturated carbocycles. The Bertz CT molecular complexity index is 1050. The summed E-state index contributed by atoms with van der Waals surface area (Å²) in [6, 6.07) is 11.7. The molecule has 0 radical (unpaired) electrons. The van der Waals surface area contributed by atoms with Crippen LogP contribution in [0.1, 0.15) is 19.4 Å². The number of likely N-dealkylation sites (N-methyl/N-ethyl adjacent to an activating group) is 1. The Kier molecular flexibility index (Phi) is 6.42. The maximum atomic E-state index is 12.9. The lowest BCUT2D eigenvalue weighted by Crippen LogP contribution is -2.45. The second-order valence-electron chi connectivity index (χ2n) is 8.33. The highest BCUT2D eigenvalue weighted by atomic mass is 16.5. The monoisotopic (exact) mass is 421 g/mol. The molecule has 7 heteroatoms. The first-order valence-corrected chi connectivity index (χ1v) is 10.9. The van der Waals surface area contributed by atoms with Crippen molar-refractivity contribution in [2.24, 2.45) is 0 Å². The van der Waals surface area contributed by atoms with Crippen LogP contribution in [0.3, 0.4) is 0 Å². The molecule has 164 valence electrons. The molecule has 3 aromatic rings. The molecule has 1 aliphatic rings. The number of hydrogen-bond donors (Lipinski definition) is 0. The Labute approximate surface area is 183 Å². The first-order chi connectivity index (χ1) is 15.0. The van der Waals surface area contributed by atoms with Crippen LogP contribution < -0.4 is 15.3 Å². The van der Waals surface area contributed by atoms with Crippen molar-refractivity contribution in [2.75, 3.05) is 38.1 Å². The van der Waals surface area contributed by atoms with Crippen molar-refractivity contribution in [3.05, 3.63) is 71.0 Å². The van der Waals surface area contributed by atoms with Crippen LogP contribution in [-0.4, -0.2) is 58.3 Å². The van der Waals surface area contributed by atoms with Crippen molar-refractivity contribution in [3.8, 4) is 11.4 Å². The molecule has 0 N–H and O–H groups in total. The first kappa shape index (κ1) is 21.2. The fraction of sp³-hybridized carbons (Fsp3) is 0.417. The van der Waals surface area contributed by atoms with Gasteiger partial charge in [0.25, 0.3) is 0 Å². The quantitative estimate of drug-likeness (QED) is 0.587. The average Bonchev–Trinajstić information content (AvgIpc) is 3.13. The van der Waals surface area contributed by atoms with E-state index in [1.807, 2.05) is 62.8 Å². The number of pyridine rings is 1. The molecular formula is C24H31N5O2. The minimum Gasteiger partial charge on any atom is -0.491 e. The molecule has 0 aliphatic carbocycles. The van der Waals surface area contributed by atoms with Gasteiger partial charge in [-0.2, -0.15) is 0 Å². The highest BCUT2D eigenvalue weighted by molar-refractivity contribution is 5.47. The van der Waals surface area contributed by atoms with E-state index in [1.54, 1.807) is 9.13 Å². The Balaban J connectivity index is 1.46. The van der Waals surface area contributed by atoms with Crippen molar-refractivity contribution in [2.45, 2.75) is 32.9 Å². The molecule has 7 nitrogen and oxygen atoms in total. The molecule has 0 bridgehead atoms. The van der Waals surface area contributed by atoms with Crippen molar-refractivity contribution in [1.29, 1.82) is 0 Å². The lowest BCUT2D eigenvalue weighted by molar-refractivity contribution is 0.242. The van der Waals surface area contributed by atoms with Gasteiger partial charge >= 0.3 is 5.69 Å². The predicted octanol–water partition coefficient (Wildman–Crippen LogP) is 2.82. The zero-order valence-electron chi connectivity index (χ0n) is 18.6. The number of imidazole rings is 1. The third-order valence-electron chi connectivity index (χ3n) is 5.63. The topological polar surface area (TPSA) is 55.5 Å². The van der Waals surface area contributed by atoms with Gasteiger partial charge in [0.15, 0.2) is 0 Å². The molecule has 3 heterocycles. The number of rotatable bonds is 7. The van der Waals surface area contributed by atoms with Crippen molar-refractivity contribution >= 4 is 5.82 Å². The molecule has 0 spiro atoms. The molecule has 0 atom stereocenters. The van der Waals surface area contributed by atoms with Crippen LogP contribution in [0, 0.1) is 0 Å². The number of ether oxygens (including phenoxy) is 1. The SMILES string of the molecule is CC(C)Oc1ccc(-n2ccn(CCc3cccnc3N3CCN(C)CC3)c2=O)cc1. The molecule has 0 amide bonds. The summed E-state index contributed by atoms with van der Waals surface area (Å²) in [4.78, 5) is 22.3. The van der Waals surface area contributed by atoms with E-state index in [0.717, 1.165) is 49.9 Å². The maximum Gasteiger partial charge on any atom is 0.332 e. The van der Waals surface area contributed by atoms with Gasteiger partial charge in [0.05, 0.1) is 11.8 Å². The summed E-state index contributed by atoms with van der Waals surface area (Å²) in [5.74, 6) is 1.85. The highest BCUT2D eigenvalue weighted by Crippen LogP contribution is 2.20. The smallest absolute Gasteiger partial charge is 0.332 e. The van der Waals surface area contributed by atoms with Gasteiger partial charge in [-0.1, -0.05) is 6.07 Å². The molecular weight excluding hydrogens is 390 g/mol. The van der Waals surface area contributed by atoms with E-state index >= 15 is 0 Å². The lowest BCUT2D eigenvalue weighted by Gasteiger charge is -2.34. The van der Waals surface area contributed by atoms with Crippen molar-refractivity contribution in [3.63, 3.8) is 0 Å². The van der Waals surface area contributed by atoms with Gasteiger partial charge in [-0.3, -0.25) is 9.13 Å². The van der Waals surface area contributed by atoms with Crippen LogP contribution >= 0.6 is 0 Å². The fourth-order valence-electron chi connectivity index (χ4n) is 3.91. The van der Waals surface area contributed by atoms with Crippen molar-refractivity contribution < 1.29 is 4.74 Å². The van der Waals surface area contributed by atoms with Crippen LogP contribution in [0.25, 0.3) is 5.69 Å². The van der Waals surface area contributed by atoms with Gasteiger partial charge in [0, 0.05) is 51.3 Å². The van der Waals surface area contributed by atoms with E-state index in [0.29, 0.717) is 6.54 Å². The molecule has 4 rings (SSSR count). The molecule has 31 heavy (non-hydrogen) atoms. The summed E-state index contributed by atoms with van der Waals surface area (Å²) in [5, 5.41) is 0. The Morgan fingerprint density at radius 1 is 1.03 bits per heavy atom. The van der Waals surface area contributed by atoms with Gasteiger partial charge < -0.3 is 14.5 Å². The van der Waals surface area contributed by atoms with E-state index in [1.165, 1.54) is 5.56 Å². The van der Waals surface area contributed by atoms with Crippen LogP contribution in [0.4, 0.5) is 5.82 Å². The molecule has 1 aliphatic heterocycles. The number of hydrogen-bond acceptors (Lipinski definition) is 5. The Hall–Kier alpha value is -3.06. The van der Waals surface area contributed by atoms with E-state index in [-0.39, 0.29) is 11.8 Å². The maximum absolute atomic E-state index is 12.9. The predicted molar refractivity (Wildman–Crippen MR) is 123 cm³/mol. The second-order valence-corrected chi connectivity index (χ2v) is 8.33.